The zero-order valence-corrected chi connectivity index (χ0v) is 14.4. The van der Waals surface area contributed by atoms with Crippen LogP contribution in [0.1, 0.15) is 31.2 Å². The summed E-state index contributed by atoms with van der Waals surface area (Å²) in [7, 11) is -0.971. The Morgan fingerprint density at radius 2 is 1.84 bits per heavy atom. The van der Waals surface area contributed by atoms with Crippen LogP contribution in [0.2, 0.25) is 19.6 Å². The normalized spacial score (nSPS) is 20.4. The van der Waals surface area contributed by atoms with E-state index >= 15 is 0 Å². The zero-order chi connectivity index (χ0) is 13.9. The average Bonchev–Trinajstić information content (AvgIpc) is 2.30. The van der Waals surface area contributed by atoms with Gasteiger partial charge in [0.2, 0.25) is 0 Å². The van der Waals surface area contributed by atoms with Crippen LogP contribution in [-0.2, 0) is 0 Å². The molecule has 0 saturated heterocycles. The first kappa shape index (κ1) is 14.9. The highest BCUT2D eigenvalue weighted by Gasteiger charge is 2.24. The lowest BCUT2D eigenvalue weighted by Crippen LogP contribution is -2.24. The maximum Gasteiger partial charge on any atom is 0.108 e. The highest BCUT2D eigenvalue weighted by Crippen LogP contribution is 2.34. The van der Waals surface area contributed by atoms with Crippen molar-refractivity contribution in [2.24, 2.45) is 4.99 Å². The highest BCUT2D eigenvalue weighted by molar-refractivity contribution is 8.29. The molecule has 0 bridgehead atoms. The molecule has 1 aliphatic carbocycles. The van der Waals surface area contributed by atoms with Gasteiger partial charge in [0, 0.05) is 5.71 Å². The Balaban J connectivity index is 1.93. The maximum atomic E-state index is 4.83. The topological polar surface area (TPSA) is 12.4 Å². The number of hydrogen-bond donors (Lipinski definition) is 0. The number of aryl methyl sites for hydroxylation is 1. The minimum absolute atomic E-state index is 0.878. The van der Waals surface area contributed by atoms with E-state index in [0.717, 1.165) is 10.9 Å². The van der Waals surface area contributed by atoms with Gasteiger partial charge >= 0.3 is 0 Å². The maximum absolute atomic E-state index is 4.83. The Morgan fingerprint density at radius 1 is 1.16 bits per heavy atom. The molecular weight excluding hydrogens is 266 g/mol. The van der Waals surface area contributed by atoms with Crippen LogP contribution in [0.15, 0.2) is 29.3 Å². The van der Waals surface area contributed by atoms with E-state index in [4.69, 9.17) is 4.99 Å². The standard InChI is InChI=1S/C16H25NSSi/c1-13-6-5-7-15(12-13)17-14-8-10-16(11-9-14)18-19(2,3)4/h5-7,12,16H,8-11H2,1-4H3. The summed E-state index contributed by atoms with van der Waals surface area (Å²) in [6.45, 7) is 9.49. The summed E-state index contributed by atoms with van der Waals surface area (Å²) in [6, 6.07) is 8.52. The summed E-state index contributed by atoms with van der Waals surface area (Å²) < 4.78 is 0. The predicted molar refractivity (Wildman–Crippen MR) is 91.5 cm³/mol. The fourth-order valence-corrected chi connectivity index (χ4v) is 7.71. The lowest BCUT2D eigenvalue weighted by molar-refractivity contribution is 0.686. The fourth-order valence-electron chi connectivity index (χ4n) is 2.53. The van der Waals surface area contributed by atoms with Gasteiger partial charge < -0.3 is 0 Å². The molecule has 1 aliphatic rings. The second-order valence-electron chi connectivity index (χ2n) is 6.45. The van der Waals surface area contributed by atoms with Crippen molar-refractivity contribution in [3.05, 3.63) is 29.8 Å². The van der Waals surface area contributed by atoms with E-state index in [1.165, 1.54) is 37.0 Å². The van der Waals surface area contributed by atoms with E-state index in [-0.39, 0.29) is 0 Å². The molecule has 1 aromatic rings. The van der Waals surface area contributed by atoms with E-state index in [0.29, 0.717) is 0 Å². The number of nitrogens with zero attached hydrogens (tertiary/aromatic N) is 1. The molecule has 0 aliphatic heterocycles. The van der Waals surface area contributed by atoms with E-state index in [1.807, 2.05) is 0 Å². The lowest BCUT2D eigenvalue weighted by Gasteiger charge is -2.28. The summed E-state index contributed by atoms with van der Waals surface area (Å²) in [5, 5.41) is 0.878. The zero-order valence-electron chi connectivity index (χ0n) is 12.6. The molecule has 0 atom stereocenters. The molecule has 0 unspecified atom stereocenters. The van der Waals surface area contributed by atoms with E-state index in [1.54, 1.807) is 0 Å². The van der Waals surface area contributed by atoms with E-state index in [2.05, 4.69) is 62.0 Å². The highest BCUT2D eigenvalue weighted by atomic mass is 32.4. The number of rotatable bonds is 3. The molecule has 1 saturated carbocycles. The summed E-state index contributed by atoms with van der Waals surface area (Å²) in [5.41, 5.74) is 3.83. The van der Waals surface area contributed by atoms with Crippen molar-refractivity contribution in [1.82, 2.24) is 0 Å². The predicted octanol–water partition coefficient (Wildman–Crippen LogP) is 5.58. The first-order valence-electron chi connectivity index (χ1n) is 7.23. The lowest BCUT2D eigenvalue weighted by atomic mass is 9.98. The van der Waals surface area contributed by atoms with Crippen LogP contribution in [0.3, 0.4) is 0 Å². The third-order valence-electron chi connectivity index (χ3n) is 3.32. The van der Waals surface area contributed by atoms with E-state index < -0.39 is 7.22 Å². The van der Waals surface area contributed by atoms with Gasteiger partial charge in [0.1, 0.15) is 7.22 Å². The molecule has 0 amide bonds. The van der Waals surface area contributed by atoms with Crippen molar-refractivity contribution in [1.29, 1.82) is 0 Å². The van der Waals surface area contributed by atoms with Crippen LogP contribution in [0.5, 0.6) is 0 Å². The molecule has 0 radical (unpaired) electrons. The van der Waals surface area contributed by atoms with Gasteiger partial charge in [-0.05, 0) is 55.6 Å². The minimum atomic E-state index is -0.971. The molecule has 3 heteroatoms. The summed E-state index contributed by atoms with van der Waals surface area (Å²) >= 11 is 2.27. The van der Waals surface area contributed by atoms with Gasteiger partial charge in [0.25, 0.3) is 0 Å². The summed E-state index contributed by atoms with van der Waals surface area (Å²) in [4.78, 5) is 4.83. The Labute approximate surface area is 122 Å². The molecule has 1 nitrogen and oxygen atoms in total. The Kier molecular flexibility index (Phi) is 4.90. The van der Waals surface area contributed by atoms with Gasteiger partial charge in [-0.1, -0.05) is 31.8 Å². The second-order valence-corrected chi connectivity index (χ2v) is 16.0. The smallest absolute Gasteiger partial charge is 0.108 e. The first-order chi connectivity index (χ1) is 8.92. The molecule has 1 aromatic carbocycles. The van der Waals surface area contributed by atoms with Crippen LogP contribution in [0, 0.1) is 6.92 Å². The van der Waals surface area contributed by atoms with Gasteiger partial charge in [-0.2, -0.15) is 11.2 Å². The van der Waals surface area contributed by atoms with Crippen molar-refractivity contribution >= 4 is 29.8 Å². The van der Waals surface area contributed by atoms with Gasteiger partial charge in [0.15, 0.2) is 0 Å². The van der Waals surface area contributed by atoms with Gasteiger partial charge in [-0.3, -0.25) is 4.99 Å². The third kappa shape index (κ3) is 5.15. The van der Waals surface area contributed by atoms with Crippen LogP contribution >= 0.6 is 11.2 Å². The van der Waals surface area contributed by atoms with Gasteiger partial charge in [-0.25, -0.2) is 0 Å². The fraction of sp³-hybridized carbons (Fsp3) is 0.562. The molecule has 1 fully saturated rings. The van der Waals surface area contributed by atoms with Crippen molar-refractivity contribution in [2.45, 2.75) is 57.5 Å². The van der Waals surface area contributed by atoms with Crippen LogP contribution < -0.4 is 0 Å². The first-order valence-corrected chi connectivity index (χ1v) is 12.3. The average molecular weight is 292 g/mol. The molecule has 0 heterocycles. The van der Waals surface area contributed by atoms with Crippen molar-refractivity contribution in [3.63, 3.8) is 0 Å². The van der Waals surface area contributed by atoms with Crippen molar-refractivity contribution in [3.8, 4) is 0 Å². The van der Waals surface area contributed by atoms with Crippen LogP contribution in [0.25, 0.3) is 0 Å². The molecule has 0 spiro atoms. The summed E-state index contributed by atoms with van der Waals surface area (Å²) in [6.07, 6.45) is 5.02. The Bertz CT molecular complexity index is 452. The molecule has 0 N–H and O–H groups in total. The minimum Gasteiger partial charge on any atom is -0.258 e. The largest absolute Gasteiger partial charge is 0.258 e. The molecule has 104 valence electrons. The SMILES string of the molecule is Cc1cccc(N=C2CCC(S[Si](C)(C)C)CC2)c1. The van der Waals surface area contributed by atoms with E-state index in [9.17, 15) is 0 Å². The number of hydrogen-bond acceptors (Lipinski definition) is 2. The molecule has 0 aromatic heterocycles. The Morgan fingerprint density at radius 3 is 2.42 bits per heavy atom. The molecular formula is C16H25NSSi. The van der Waals surface area contributed by atoms with Crippen LogP contribution in [0.4, 0.5) is 5.69 Å². The monoisotopic (exact) mass is 291 g/mol. The third-order valence-corrected chi connectivity index (χ3v) is 7.95. The van der Waals surface area contributed by atoms with Crippen LogP contribution in [-0.4, -0.2) is 18.2 Å². The molecule has 2 rings (SSSR count). The van der Waals surface area contributed by atoms with Gasteiger partial charge in [0.05, 0.1) is 5.69 Å². The second kappa shape index (κ2) is 6.27. The quantitative estimate of drug-likeness (QED) is 0.662. The number of benzene rings is 1. The Hall–Kier alpha value is -0.543. The van der Waals surface area contributed by atoms with Crippen molar-refractivity contribution in [2.75, 3.05) is 0 Å². The van der Waals surface area contributed by atoms with Gasteiger partial charge in [-0.15, -0.1) is 0 Å². The number of aliphatic imine (C=N–C) groups is 1. The van der Waals surface area contributed by atoms with Crippen molar-refractivity contribution < 1.29 is 0 Å². The summed E-state index contributed by atoms with van der Waals surface area (Å²) in [5.74, 6) is 0. The molecule has 19 heavy (non-hydrogen) atoms.